The van der Waals surface area contributed by atoms with Crippen molar-refractivity contribution in [1.82, 2.24) is 0 Å². The standard InChI is InChI=1S/C15H16ClNO/c1-11(2)9-14(15-7-4-8-18-15)17-13-6-3-5-12(16)10-13/h3-8,10,14,17H,1,9H2,2H3. The average Bonchev–Trinajstić information content (AvgIpc) is 2.80. The molecule has 1 atom stereocenters. The van der Waals surface area contributed by atoms with Crippen LogP contribution in [-0.2, 0) is 0 Å². The lowest BCUT2D eigenvalue weighted by Gasteiger charge is -2.18. The highest BCUT2D eigenvalue weighted by Gasteiger charge is 2.14. The van der Waals surface area contributed by atoms with Crippen molar-refractivity contribution in [3.63, 3.8) is 0 Å². The van der Waals surface area contributed by atoms with Gasteiger partial charge in [-0.15, -0.1) is 6.58 Å². The number of nitrogens with one attached hydrogen (secondary N) is 1. The van der Waals surface area contributed by atoms with Crippen LogP contribution in [0.4, 0.5) is 5.69 Å². The number of anilines is 1. The molecule has 0 fully saturated rings. The molecule has 0 aliphatic heterocycles. The normalized spacial score (nSPS) is 12.1. The maximum atomic E-state index is 5.98. The molecule has 1 aromatic carbocycles. The minimum absolute atomic E-state index is 0.0796. The second-order valence-corrected chi connectivity index (χ2v) is 4.82. The molecule has 3 heteroatoms. The molecular weight excluding hydrogens is 246 g/mol. The Kier molecular flexibility index (Phi) is 4.11. The summed E-state index contributed by atoms with van der Waals surface area (Å²) >= 11 is 5.98. The largest absolute Gasteiger partial charge is 0.467 e. The van der Waals surface area contributed by atoms with E-state index in [1.165, 1.54) is 0 Å². The van der Waals surface area contributed by atoms with Crippen LogP contribution in [0.2, 0.25) is 5.02 Å². The van der Waals surface area contributed by atoms with E-state index < -0.39 is 0 Å². The predicted molar refractivity (Wildman–Crippen MR) is 76.0 cm³/mol. The van der Waals surface area contributed by atoms with Gasteiger partial charge in [0.05, 0.1) is 12.3 Å². The van der Waals surface area contributed by atoms with Gasteiger partial charge in [-0.05, 0) is 43.7 Å². The molecule has 1 unspecified atom stereocenters. The molecule has 2 rings (SSSR count). The third-order valence-electron chi connectivity index (χ3n) is 2.60. The first-order valence-electron chi connectivity index (χ1n) is 5.85. The molecule has 18 heavy (non-hydrogen) atoms. The second kappa shape index (κ2) is 5.78. The van der Waals surface area contributed by atoms with Gasteiger partial charge < -0.3 is 9.73 Å². The highest BCUT2D eigenvalue weighted by Crippen LogP contribution is 2.26. The fourth-order valence-electron chi connectivity index (χ4n) is 1.84. The summed E-state index contributed by atoms with van der Waals surface area (Å²) < 4.78 is 5.46. The van der Waals surface area contributed by atoms with Crippen LogP contribution in [0.3, 0.4) is 0 Å². The fourth-order valence-corrected chi connectivity index (χ4v) is 2.03. The molecule has 1 aromatic heterocycles. The van der Waals surface area contributed by atoms with Crippen molar-refractivity contribution < 1.29 is 4.42 Å². The zero-order valence-electron chi connectivity index (χ0n) is 10.3. The van der Waals surface area contributed by atoms with E-state index in [2.05, 4.69) is 11.9 Å². The molecule has 0 aliphatic rings. The number of halogens is 1. The molecule has 0 saturated carbocycles. The zero-order chi connectivity index (χ0) is 13.0. The van der Waals surface area contributed by atoms with Gasteiger partial charge in [0.15, 0.2) is 0 Å². The van der Waals surface area contributed by atoms with E-state index in [4.69, 9.17) is 16.0 Å². The SMILES string of the molecule is C=C(C)CC(Nc1cccc(Cl)c1)c1ccco1. The van der Waals surface area contributed by atoms with Crippen molar-refractivity contribution in [2.45, 2.75) is 19.4 Å². The molecule has 0 aliphatic carbocycles. The van der Waals surface area contributed by atoms with Gasteiger partial charge in [-0.25, -0.2) is 0 Å². The van der Waals surface area contributed by atoms with Crippen molar-refractivity contribution in [2.75, 3.05) is 5.32 Å². The fraction of sp³-hybridized carbons (Fsp3) is 0.200. The lowest BCUT2D eigenvalue weighted by molar-refractivity contribution is 0.477. The Bertz CT molecular complexity index is 519. The van der Waals surface area contributed by atoms with Gasteiger partial charge >= 0.3 is 0 Å². The van der Waals surface area contributed by atoms with Crippen LogP contribution in [0.25, 0.3) is 0 Å². The number of furan rings is 1. The van der Waals surface area contributed by atoms with Crippen LogP contribution < -0.4 is 5.32 Å². The third kappa shape index (κ3) is 3.41. The first-order chi connectivity index (χ1) is 8.65. The number of hydrogen-bond donors (Lipinski definition) is 1. The summed E-state index contributed by atoms with van der Waals surface area (Å²) in [6, 6.07) is 11.6. The Morgan fingerprint density at radius 3 is 2.83 bits per heavy atom. The number of benzene rings is 1. The lowest BCUT2D eigenvalue weighted by atomic mass is 10.1. The second-order valence-electron chi connectivity index (χ2n) is 4.38. The molecule has 0 radical (unpaired) electrons. The van der Waals surface area contributed by atoms with E-state index in [0.29, 0.717) is 5.02 Å². The Morgan fingerprint density at radius 2 is 2.22 bits per heavy atom. The van der Waals surface area contributed by atoms with Crippen LogP contribution in [0.5, 0.6) is 0 Å². The van der Waals surface area contributed by atoms with Gasteiger partial charge in [0.25, 0.3) is 0 Å². The van der Waals surface area contributed by atoms with E-state index >= 15 is 0 Å². The topological polar surface area (TPSA) is 25.2 Å². The first kappa shape index (κ1) is 12.8. The molecular formula is C15H16ClNO. The summed E-state index contributed by atoms with van der Waals surface area (Å²) in [6.45, 7) is 5.97. The van der Waals surface area contributed by atoms with Crippen LogP contribution in [0, 0.1) is 0 Å². The molecule has 1 heterocycles. The van der Waals surface area contributed by atoms with Gasteiger partial charge in [-0.3, -0.25) is 0 Å². The quantitative estimate of drug-likeness (QED) is 0.762. The van der Waals surface area contributed by atoms with Crippen molar-refractivity contribution in [3.05, 3.63) is 65.6 Å². The molecule has 0 bridgehead atoms. The average molecular weight is 262 g/mol. The number of rotatable bonds is 5. The molecule has 0 amide bonds. The summed E-state index contributed by atoms with van der Waals surface area (Å²) in [4.78, 5) is 0. The molecule has 1 N–H and O–H groups in total. The minimum Gasteiger partial charge on any atom is -0.467 e. The Balaban J connectivity index is 2.17. The Labute approximate surface area is 112 Å². The summed E-state index contributed by atoms with van der Waals surface area (Å²) in [6.07, 6.45) is 2.50. The van der Waals surface area contributed by atoms with Crippen LogP contribution >= 0.6 is 11.6 Å². The summed E-state index contributed by atoms with van der Waals surface area (Å²) in [5.41, 5.74) is 2.08. The maximum Gasteiger partial charge on any atom is 0.126 e. The Morgan fingerprint density at radius 1 is 1.39 bits per heavy atom. The summed E-state index contributed by atoms with van der Waals surface area (Å²) in [5.74, 6) is 0.901. The van der Waals surface area contributed by atoms with Crippen LogP contribution in [0.15, 0.2) is 59.2 Å². The molecule has 0 spiro atoms. The van der Waals surface area contributed by atoms with E-state index in [1.54, 1.807) is 6.26 Å². The van der Waals surface area contributed by atoms with Gasteiger partial charge in [-0.1, -0.05) is 23.2 Å². The summed E-state index contributed by atoms with van der Waals surface area (Å²) in [7, 11) is 0. The monoisotopic (exact) mass is 261 g/mol. The first-order valence-corrected chi connectivity index (χ1v) is 6.23. The van der Waals surface area contributed by atoms with E-state index in [1.807, 2.05) is 43.3 Å². The number of hydrogen-bond acceptors (Lipinski definition) is 2. The Hall–Kier alpha value is -1.67. The van der Waals surface area contributed by atoms with Gasteiger partial charge in [-0.2, -0.15) is 0 Å². The van der Waals surface area contributed by atoms with Crippen LogP contribution in [0.1, 0.15) is 25.1 Å². The van der Waals surface area contributed by atoms with Crippen molar-refractivity contribution in [3.8, 4) is 0 Å². The molecule has 2 nitrogen and oxygen atoms in total. The zero-order valence-corrected chi connectivity index (χ0v) is 11.1. The third-order valence-corrected chi connectivity index (χ3v) is 2.84. The van der Waals surface area contributed by atoms with E-state index in [-0.39, 0.29) is 6.04 Å². The highest BCUT2D eigenvalue weighted by molar-refractivity contribution is 6.30. The van der Waals surface area contributed by atoms with Gasteiger partial charge in [0, 0.05) is 10.7 Å². The smallest absolute Gasteiger partial charge is 0.126 e. The van der Waals surface area contributed by atoms with Crippen molar-refractivity contribution in [1.29, 1.82) is 0 Å². The van der Waals surface area contributed by atoms with Crippen molar-refractivity contribution in [2.24, 2.45) is 0 Å². The molecule has 0 saturated heterocycles. The van der Waals surface area contributed by atoms with Crippen LogP contribution in [-0.4, -0.2) is 0 Å². The molecule has 2 aromatic rings. The van der Waals surface area contributed by atoms with Gasteiger partial charge in [0.2, 0.25) is 0 Å². The minimum atomic E-state index is 0.0796. The predicted octanol–water partition coefficient (Wildman–Crippen LogP) is 5.05. The summed E-state index contributed by atoms with van der Waals surface area (Å²) in [5, 5.41) is 4.13. The van der Waals surface area contributed by atoms with Gasteiger partial charge in [0.1, 0.15) is 5.76 Å². The highest BCUT2D eigenvalue weighted by atomic mass is 35.5. The molecule has 94 valence electrons. The lowest BCUT2D eigenvalue weighted by Crippen LogP contribution is -2.10. The van der Waals surface area contributed by atoms with E-state index in [0.717, 1.165) is 23.4 Å². The van der Waals surface area contributed by atoms with E-state index in [9.17, 15) is 0 Å². The van der Waals surface area contributed by atoms with Crippen molar-refractivity contribution >= 4 is 17.3 Å². The maximum absolute atomic E-state index is 5.98.